The molecule has 12 heavy (non-hydrogen) atoms. The van der Waals surface area contributed by atoms with Gasteiger partial charge in [0.05, 0.1) is 0 Å². The number of aliphatic hydroxyl groups excluding tert-OH is 1. The Morgan fingerprint density at radius 3 is 2.33 bits per heavy atom. The molecule has 1 saturated heterocycles. The number of nitrogens with one attached hydrogen (secondary N) is 1. The van der Waals surface area contributed by atoms with E-state index in [0.29, 0.717) is 6.54 Å². The molecule has 1 heterocycles. The predicted molar refractivity (Wildman–Crippen MR) is 52.6 cm³/mol. The molecule has 74 valence electrons. The van der Waals surface area contributed by atoms with Crippen LogP contribution in [0.2, 0.25) is 0 Å². The van der Waals surface area contributed by atoms with Crippen molar-refractivity contribution in [2.45, 2.75) is 32.5 Å². The van der Waals surface area contributed by atoms with Crippen molar-refractivity contribution in [2.24, 2.45) is 0 Å². The van der Waals surface area contributed by atoms with Gasteiger partial charge in [0, 0.05) is 25.2 Å². The molecule has 0 bridgehead atoms. The van der Waals surface area contributed by atoms with Crippen molar-refractivity contribution in [1.82, 2.24) is 10.2 Å². The standard InChI is InChI=1S/C8H18N2O.ClH/c1-8(2,3)10-5-4-9-6-7(10)11;/h7,9,11H,4-6H2,1-3H3;1H. The molecular formula is C8H19ClN2O. The summed E-state index contributed by atoms with van der Waals surface area (Å²) in [5, 5.41) is 12.7. The minimum atomic E-state index is -0.316. The number of aliphatic hydroxyl groups is 1. The Morgan fingerprint density at radius 2 is 2.00 bits per heavy atom. The Bertz CT molecular complexity index is 136. The second kappa shape index (κ2) is 4.42. The summed E-state index contributed by atoms with van der Waals surface area (Å²) >= 11 is 0. The zero-order valence-electron chi connectivity index (χ0n) is 8.00. The molecule has 0 saturated carbocycles. The first kappa shape index (κ1) is 12.2. The lowest BCUT2D eigenvalue weighted by Gasteiger charge is -2.42. The van der Waals surface area contributed by atoms with Crippen molar-refractivity contribution in [1.29, 1.82) is 0 Å². The van der Waals surface area contributed by atoms with Crippen LogP contribution < -0.4 is 5.32 Å². The van der Waals surface area contributed by atoms with Gasteiger partial charge in [0.2, 0.25) is 0 Å². The number of rotatable bonds is 0. The molecule has 4 heteroatoms. The Labute approximate surface area is 80.5 Å². The van der Waals surface area contributed by atoms with Gasteiger partial charge >= 0.3 is 0 Å². The van der Waals surface area contributed by atoms with E-state index in [1.807, 2.05) is 0 Å². The van der Waals surface area contributed by atoms with Crippen LogP contribution in [0.3, 0.4) is 0 Å². The van der Waals surface area contributed by atoms with E-state index < -0.39 is 0 Å². The highest BCUT2D eigenvalue weighted by atomic mass is 35.5. The van der Waals surface area contributed by atoms with Gasteiger partial charge in [-0.3, -0.25) is 4.90 Å². The van der Waals surface area contributed by atoms with E-state index in [9.17, 15) is 5.11 Å². The number of β-amino-alcohol motifs (C(OH)–C–C–N with tert-alkyl or cyclic N) is 1. The maximum atomic E-state index is 9.57. The van der Waals surface area contributed by atoms with E-state index in [4.69, 9.17) is 0 Å². The molecule has 0 aromatic rings. The lowest BCUT2D eigenvalue weighted by Crippen LogP contribution is -2.58. The van der Waals surface area contributed by atoms with Crippen molar-refractivity contribution < 1.29 is 5.11 Å². The molecule has 0 aliphatic carbocycles. The van der Waals surface area contributed by atoms with Crippen LogP contribution in [0.4, 0.5) is 0 Å². The van der Waals surface area contributed by atoms with Gasteiger partial charge in [-0.05, 0) is 20.8 Å². The summed E-state index contributed by atoms with van der Waals surface area (Å²) in [7, 11) is 0. The van der Waals surface area contributed by atoms with E-state index in [0.717, 1.165) is 13.1 Å². The SMILES string of the molecule is CC(C)(C)N1CCNCC1O.Cl. The summed E-state index contributed by atoms with van der Waals surface area (Å²) in [5.74, 6) is 0. The summed E-state index contributed by atoms with van der Waals surface area (Å²) in [5.41, 5.74) is 0.0848. The van der Waals surface area contributed by atoms with Gasteiger partial charge < -0.3 is 10.4 Å². The molecule has 1 aliphatic rings. The highest BCUT2D eigenvalue weighted by Crippen LogP contribution is 2.16. The van der Waals surface area contributed by atoms with Crippen LogP contribution >= 0.6 is 12.4 Å². The van der Waals surface area contributed by atoms with Gasteiger partial charge in [-0.1, -0.05) is 0 Å². The van der Waals surface area contributed by atoms with E-state index >= 15 is 0 Å². The highest BCUT2D eigenvalue weighted by Gasteiger charge is 2.29. The van der Waals surface area contributed by atoms with Crippen molar-refractivity contribution in [3.63, 3.8) is 0 Å². The number of hydrogen-bond donors (Lipinski definition) is 2. The Hall–Kier alpha value is 0.170. The highest BCUT2D eigenvalue weighted by molar-refractivity contribution is 5.85. The zero-order chi connectivity index (χ0) is 8.48. The van der Waals surface area contributed by atoms with E-state index in [2.05, 4.69) is 31.0 Å². The van der Waals surface area contributed by atoms with Gasteiger partial charge in [-0.2, -0.15) is 0 Å². The molecule has 0 aromatic carbocycles. The fourth-order valence-corrected chi connectivity index (χ4v) is 1.47. The summed E-state index contributed by atoms with van der Waals surface area (Å²) in [6.45, 7) is 8.99. The molecule has 3 nitrogen and oxygen atoms in total. The van der Waals surface area contributed by atoms with Crippen molar-refractivity contribution in [3.8, 4) is 0 Å². The first-order valence-corrected chi connectivity index (χ1v) is 4.17. The molecule has 0 amide bonds. The zero-order valence-corrected chi connectivity index (χ0v) is 8.82. The number of halogens is 1. The number of hydrogen-bond acceptors (Lipinski definition) is 3. The third kappa shape index (κ3) is 2.90. The smallest absolute Gasteiger partial charge is 0.120 e. The fourth-order valence-electron chi connectivity index (χ4n) is 1.47. The largest absolute Gasteiger partial charge is 0.377 e. The Balaban J connectivity index is 0.00000121. The topological polar surface area (TPSA) is 35.5 Å². The van der Waals surface area contributed by atoms with Crippen LogP contribution in [0.15, 0.2) is 0 Å². The van der Waals surface area contributed by atoms with Gasteiger partial charge in [-0.25, -0.2) is 0 Å². The van der Waals surface area contributed by atoms with E-state index in [1.54, 1.807) is 0 Å². The van der Waals surface area contributed by atoms with Crippen molar-refractivity contribution in [2.75, 3.05) is 19.6 Å². The van der Waals surface area contributed by atoms with E-state index in [1.165, 1.54) is 0 Å². The molecule has 1 atom stereocenters. The molecule has 1 rings (SSSR count). The minimum absolute atomic E-state index is 0. The first-order chi connectivity index (χ1) is 5.02. The quantitative estimate of drug-likeness (QED) is 0.587. The number of piperazine rings is 1. The van der Waals surface area contributed by atoms with Gasteiger partial charge in [0.1, 0.15) is 6.23 Å². The molecule has 0 spiro atoms. The van der Waals surface area contributed by atoms with Crippen LogP contribution in [-0.4, -0.2) is 41.4 Å². The lowest BCUT2D eigenvalue weighted by molar-refractivity contribution is -0.0636. The molecular weight excluding hydrogens is 176 g/mol. The van der Waals surface area contributed by atoms with Crippen LogP contribution in [0.5, 0.6) is 0 Å². The lowest BCUT2D eigenvalue weighted by atomic mass is 10.0. The van der Waals surface area contributed by atoms with Gasteiger partial charge in [0.25, 0.3) is 0 Å². The predicted octanol–water partition coefficient (Wildman–Crippen LogP) is 0.430. The molecule has 2 N–H and O–H groups in total. The van der Waals surface area contributed by atoms with Crippen LogP contribution in [-0.2, 0) is 0 Å². The molecule has 0 aromatic heterocycles. The van der Waals surface area contributed by atoms with Crippen LogP contribution in [0.25, 0.3) is 0 Å². The molecule has 0 radical (unpaired) electrons. The minimum Gasteiger partial charge on any atom is -0.377 e. The van der Waals surface area contributed by atoms with Crippen molar-refractivity contribution in [3.05, 3.63) is 0 Å². The normalized spacial score (nSPS) is 26.5. The third-order valence-corrected chi connectivity index (χ3v) is 2.08. The number of nitrogens with zero attached hydrogens (tertiary/aromatic N) is 1. The van der Waals surface area contributed by atoms with Gasteiger partial charge in [-0.15, -0.1) is 12.4 Å². The van der Waals surface area contributed by atoms with Gasteiger partial charge in [0.15, 0.2) is 0 Å². The van der Waals surface area contributed by atoms with E-state index in [-0.39, 0.29) is 24.2 Å². The van der Waals surface area contributed by atoms with Crippen LogP contribution in [0, 0.1) is 0 Å². The monoisotopic (exact) mass is 194 g/mol. The molecule has 1 aliphatic heterocycles. The Kier molecular flexibility index (Phi) is 4.48. The maximum Gasteiger partial charge on any atom is 0.120 e. The average molecular weight is 195 g/mol. The third-order valence-electron chi connectivity index (χ3n) is 2.08. The molecule has 1 fully saturated rings. The second-order valence-electron chi connectivity index (χ2n) is 4.05. The summed E-state index contributed by atoms with van der Waals surface area (Å²) < 4.78 is 0. The fraction of sp³-hybridized carbons (Fsp3) is 1.00. The first-order valence-electron chi connectivity index (χ1n) is 4.17. The maximum absolute atomic E-state index is 9.57. The Morgan fingerprint density at radius 1 is 1.42 bits per heavy atom. The summed E-state index contributed by atoms with van der Waals surface area (Å²) in [6, 6.07) is 0. The van der Waals surface area contributed by atoms with Crippen molar-refractivity contribution >= 4 is 12.4 Å². The second-order valence-corrected chi connectivity index (χ2v) is 4.05. The van der Waals surface area contributed by atoms with Crippen LogP contribution in [0.1, 0.15) is 20.8 Å². The summed E-state index contributed by atoms with van der Waals surface area (Å²) in [4.78, 5) is 2.11. The molecule has 1 unspecified atom stereocenters. The summed E-state index contributed by atoms with van der Waals surface area (Å²) in [6.07, 6.45) is -0.316. The average Bonchev–Trinajstić information content (AvgIpc) is 1.86.